The molecule has 0 spiro atoms. The molecular formula is C13H14N2O6. The number of hydrogen-bond acceptors (Lipinski definition) is 5. The van der Waals surface area contributed by atoms with Crippen molar-refractivity contribution in [3.8, 4) is 5.75 Å². The van der Waals surface area contributed by atoms with Gasteiger partial charge in [0.15, 0.2) is 5.69 Å². The molecule has 1 aliphatic carbocycles. The van der Waals surface area contributed by atoms with Crippen molar-refractivity contribution in [3.63, 3.8) is 0 Å². The highest BCUT2D eigenvalue weighted by Crippen LogP contribution is 2.36. The topological polar surface area (TPSA) is 130 Å². The molecule has 0 heterocycles. The number of carboxylic acids is 1. The van der Waals surface area contributed by atoms with E-state index in [4.69, 9.17) is 5.11 Å². The molecule has 0 radical (unpaired) electrons. The smallest absolute Gasteiger partial charge is 0.306 e. The third-order valence-electron chi connectivity index (χ3n) is 3.62. The number of nitro groups is 1. The second-order valence-electron chi connectivity index (χ2n) is 4.96. The predicted molar refractivity (Wildman–Crippen MR) is 71.9 cm³/mol. The normalized spacial score (nSPS) is 21.0. The van der Waals surface area contributed by atoms with Crippen molar-refractivity contribution < 1.29 is 24.7 Å². The first-order valence-electron chi connectivity index (χ1n) is 6.40. The average molecular weight is 294 g/mol. The van der Waals surface area contributed by atoms with Crippen LogP contribution in [0, 0.1) is 22.0 Å². The van der Waals surface area contributed by atoms with Crippen molar-refractivity contribution in [1.82, 2.24) is 0 Å². The van der Waals surface area contributed by atoms with Crippen molar-refractivity contribution >= 4 is 23.3 Å². The average Bonchev–Trinajstić information content (AvgIpc) is 2.90. The molecule has 1 aromatic carbocycles. The molecule has 1 fully saturated rings. The lowest BCUT2D eigenvalue weighted by Gasteiger charge is -2.12. The van der Waals surface area contributed by atoms with Gasteiger partial charge >= 0.3 is 5.97 Å². The number of aliphatic carboxylic acids is 1. The van der Waals surface area contributed by atoms with Gasteiger partial charge in [-0.3, -0.25) is 19.7 Å². The largest absolute Gasteiger partial charge is 0.505 e. The lowest BCUT2D eigenvalue weighted by Crippen LogP contribution is -2.22. The summed E-state index contributed by atoms with van der Waals surface area (Å²) in [6.07, 6.45) is 1.00. The van der Waals surface area contributed by atoms with Gasteiger partial charge in [0.1, 0.15) is 5.75 Å². The molecule has 2 rings (SSSR count). The van der Waals surface area contributed by atoms with E-state index in [1.165, 1.54) is 18.2 Å². The van der Waals surface area contributed by atoms with E-state index >= 15 is 0 Å². The number of nitrogens with zero attached hydrogens (tertiary/aromatic N) is 1. The molecule has 8 nitrogen and oxygen atoms in total. The van der Waals surface area contributed by atoms with Gasteiger partial charge in [-0.2, -0.15) is 0 Å². The van der Waals surface area contributed by atoms with Gasteiger partial charge in [-0.25, -0.2) is 0 Å². The highest BCUT2D eigenvalue weighted by Gasteiger charge is 2.34. The van der Waals surface area contributed by atoms with E-state index < -0.39 is 40.1 Å². The minimum Gasteiger partial charge on any atom is -0.505 e. The molecule has 0 saturated heterocycles. The molecule has 21 heavy (non-hydrogen) atoms. The molecule has 0 aromatic heterocycles. The summed E-state index contributed by atoms with van der Waals surface area (Å²) in [6.45, 7) is 0. The SMILES string of the molecule is O=C(O)[C@H]1CC[C@@H](C(=O)Nc2c(O)cccc2[N+](=O)[O-])C1. The van der Waals surface area contributed by atoms with Gasteiger partial charge in [-0.15, -0.1) is 0 Å². The Bertz CT molecular complexity index is 600. The molecule has 1 saturated carbocycles. The third kappa shape index (κ3) is 3.10. The molecule has 1 aliphatic rings. The number of carbonyl (C=O) groups is 2. The van der Waals surface area contributed by atoms with Crippen LogP contribution >= 0.6 is 0 Å². The fourth-order valence-electron chi connectivity index (χ4n) is 2.48. The Morgan fingerprint density at radius 1 is 1.29 bits per heavy atom. The van der Waals surface area contributed by atoms with E-state index in [9.17, 15) is 24.8 Å². The fourth-order valence-corrected chi connectivity index (χ4v) is 2.48. The van der Waals surface area contributed by atoms with Crippen LogP contribution in [0.3, 0.4) is 0 Å². The lowest BCUT2D eigenvalue weighted by atomic mass is 10.0. The number of anilines is 1. The highest BCUT2D eigenvalue weighted by atomic mass is 16.6. The summed E-state index contributed by atoms with van der Waals surface area (Å²) >= 11 is 0. The van der Waals surface area contributed by atoms with Gasteiger partial charge < -0.3 is 15.5 Å². The Hall–Kier alpha value is -2.64. The molecule has 2 atom stereocenters. The van der Waals surface area contributed by atoms with Crippen LogP contribution < -0.4 is 5.32 Å². The maximum absolute atomic E-state index is 12.1. The Balaban J connectivity index is 2.14. The Morgan fingerprint density at radius 2 is 1.95 bits per heavy atom. The molecule has 1 amide bonds. The number of phenolic OH excluding ortho intramolecular Hbond substituents is 1. The Kier molecular flexibility index (Phi) is 4.06. The van der Waals surface area contributed by atoms with E-state index in [0.717, 1.165) is 0 Å². The maximum atomic E-state index is 12.1. The summed E-state index contributed by atoms with van der Waals surface area (Å²) in [7, 11) is 0. The molecule has 0 aliphatic heterocycles. The summed E-state index contributed by atoms with van der Waals surface area (Å²) < 4.78 is 0. The minimum absolute atomic E-state index is 0.197. The number of aromatic hydroxyl groups is 1. The first-order valence-corrected chi connectivity index (χ1v) is 6.40. The number of phenols is 1. The molecule has 112 valence electrons. The Morgan fingerprint density at radius 3 is 2.52 bits per heavy atom. The number of carbonyl (C=O) groups excluding carboxylic acids is 1. The number of benzene rings is 1. The van der Waals surface area contributed by atoms with Crippen LogP contribution in [0.2, 0.25) is 0 Å². The summed E-state index contributed by atoms with van der Waals surface area (Å²) in [4.78, 5) is 33.1. The summed E-state index contributed by atoms with van der Waals surface area (Å²) in [6, 6.07) is 3.71. The van der Waals surface area contributed by atoms with Gasteiger partial charge in [0.2, 0.25) is 5.91 Å². The zero-order valence-electron chi connectivity index (χ0n) is 11.0. The van der Waals surface area contributed by atoms with Crippen LogP contribution in [0.1, 0.15) is 19.3 Å². The molecule has 0 unspecified atom stereocenters. The standard InChI is InChI=1S/C13H14N2O6/c16-10-3-1-2-9(15(20)21)11(10)14-12(17)7-4-5-8(6-7)13(18)19/h1-3,7-8,16H,4-6H2,(H,14,17)(H,18,19)/t7-,8+/m1/s1. The molecular weight excluding hydrogens is 280 g/mol. The summed E-state index contributed by atoms with van der Waals surface area (Å²) in [5.41, 5.74) is -0.664. The van der Waals surface area contributed by atoms with Crippen LogP contribution in [0.15, 0.2) is 18.2 Å². The molecule has 1 aromatic rings. The third-order valence-corrected chi connectivity index (χ3v) is 3.62. The van der Waals surface area contributed by atoms with Gasteiger partial charge in [0, 0.05) is 12.0 Å². The first-order chi connectivity index (χ1) is 9.90. The Labute approximate surface area is 119 Å². The number of nitro benzene ring substituents is 1. The highest BCUT2D eigenvalue weighted by molar-refractivity contribution is 5.96. The molecule has 8 heteroatoms. The van der Waals surface area contributed by atoms with Crippen molar-refractivity contribution in [2.75, 3.05) is 5.32 Å². The van der Waals surface area contributed by atoms with E-state index in [2.05, 4.69) is 5.32 Å². The van der Waals surface area contributed by atoms with E-state index in [-0.39, 0.29) is 12.1 Å². The number of carboxylic acid groups (broad SMARTS) is 1. The first kappa shape index (κ1) is 14.8. The van der Waals surface area contributed by atoms with E-state index in [1.54, 1.807) is 0 Å². The van der Waals surface area contributed by atoms with Crippen LogP contribution in [0.25, 0.3) is 0 Å². The second kappa shape index (κ2) is 5.78. The summed E-state index contributed by atoms with van der Waals surface area (Å²) in [5.74, 6) is -2.95. The predicted octanol–water partition coefficient (Wildman–Crippen LogP) is 1.74. The van der Waals surface area contributed by atoms with Crippen LogP contribution in [0.5, 0.6) is 5.75 Å². The minimum atomic E-state index is -0.946. The molecule has 0 bridgehead atoms. The van der Waals surface area contributed by atoms with Gasteiger partial charge in [-0.05, 0) is 25.3 Å². The van der Waals surface area contributed by atoms with Crippen LogP contribution in [-0.4, -0.2) is 27.0 Å². The number of nitrogens with one attached hydrogen (secondary N) is 1. The van der Waals surface area contributed by atoms with E-state index in [0.29, 0.717) is 12.8 Å². The van der Waals surface area contributed by atoms with Crippen molar-refractivity contribution in [3.05, 3.63) is 28.3 Å². The summed E-state index contributed by atoms with van der Waals surface area (Å²) in [5, 5.41) is 31.8. The number of para-hydroxylation sites is 1. The van der Waals surface area contributed by atoms with Crippen molar-refractivity contribution in [1.29, 1.82) is 0 Å². The van der Waals surface area contributed by atoms with Gasteiger partial charge in [-0.1, -0.05) is 6.07 Å². The van der Waals surface area contributed by atoms with Crippen LogP contribution in [-0.2, 0) is 9.59 Å². The lowest BCUT2D eigenvalue weighted by molar-refractivity contribution is -0.384. The van der Waals surface area contributed by atoms with Crippen molar-refractivity contribution in [2.45, 2.75) is 19.3 Å². The fraction of sp³-hybridized carbons (Fsp3) is 0.385. The number of rotatable bonds is 4. The molecule has 3 N–H and O–H groups in total. The quantitative estimate of drug-likeness (QED) is 0.440. The zero-order chi connectivity index (χ0) is 15.6. The van der Waals surface area contributed by atoms with Gasteiger partial charge in [0.05, 0.1) is 10.8 Å². The second-order valence-corrected chi connectivity index (χ2v) is 4.96. The number of amides is 1. The zero-order valence-corrected chi connectivity index (χ0v) is 11.0. The van der Waals surface area contributed by atoms with E-state index in [1.807, 2.05) is 0 Å². The van der Waals surface area contributed by atoms with Crippen LogP contribution in [0.4, 0.5) is 11.4 Å². The number of hydrogen-bond donors (Lipinski definition) is 3. The maximum Gasteiger partial charge on any atom is 0.306 e. The monoisotopic (exact) mass is 294 g/mol. The van der Waals surface area contributed by atoms with Gasteiger partial charge in [0.25, 0.3) is 5.69 Å². The van der Waals surface area contributed by atoms with Crippen molar-refractivity contribution in [2.24, 2.45) is 11.8 Å².